The molecule has 36 heavy (non-hydrogen) atoms. The number of hydrogen-bond donors (Lipinski definition) is 1. The van der Waals surface area contributed by atoms with Gasteiger partial charge in [0.2, 0.25) is 11.8 Å². The van der Waals surface area contributed by atoms with Crippen molar-refractivity contribution in [2.24, 2.45) is 5.92 Å². The SMILES string of the molecule is COc1cccc(-c2ccc(CNC(=O)[C@@H]3C[C@@H]3c3nc(C)no3)c3c2CCN(C2(C)COC2)C3)c1. The van der Waals surface area contributed by atoms with Gasteiger partial charge >= 0.3 is 0 Å². The van der Waals surface area contributed by atoms with Gasteiger partial charge in [0.05, 0.1) is 37.7 Å². The van der Waals surface area contributed by atoms with E-state index in [1.807, 2.05) is 12.1 Å². The Morgan fingerprint density at radius 1 is 1.25 bits per heavy atom. The zero-order chi connectivity index (χ0) is 24.9. The average molecular weight is 489 g/mol. The maximum absolute atomic E-state index is 12.9. The fourth-order valence-electron chi connectivity index (χ4n) is 5.54. The number of ether oxygens (including phenoxy) is 2. The summed E-state index contributed by atoms with van der Waals surface area (Å²) in [5.41, 5.74) is 6.32. The topological polar surface area (TPSA) is 89.7 Å². The maximum atomic E-state index is 12.9. The highest BCUT2D eigenvalue weighted by molar-refractivity contribution is 5.82. The van der Waals surface area contributed by atoms with Crippen molar-refractivity contribution in [1.29, 1.82) is 0 Å². The molecule has 3 aliphatic rings. The number of amides is 1. The van der Waals surface area contributed by atoms with Crippen molar-refractivity contribution >= 4 is 5.91 Å². The van der Waals surface area contributed by atoms with E-state index in [0.29, 0.717) is 18.3 Å². The normalized spacial score (nSPS) is 22.4. The summed E-state index contributed by atoms with van der Waals surface area (Å²) in [4.78, 5) is 19.8. The monoisotopic (exact) mass is 488 g/mol. The number of nitrogens with one attached hydrogen (secondary N) is 1. The third kappa shape index (κ3) is 4.18. The molecule has 8 heteroatoms. The minimum atomic E-state index is -0.0979. The maximum Gasteiger partial charge on any atom is 0.230 e. The number of benzene rings is 2. The summed E-state index contributed by atoms with van der Waals surface area (Å²) in [6.07, 6.45) is 1.72. The Labute approximate surface area is 211 Å². The first kappa shape index (κ1) is 23.2. The summed E-state index contributed by atoms with van der Waals surface area (Å²) >= 11 is 0. The summed E-state index contributed by atoms with van der Waals surface area (Å²) in [7, 11) is 1.70. The number of carbonyl (C=O) groups excluding carboxylic acids is 1. The molecule has 0 bridgehead atoms. The molecule has 1 aromatic heterocycles. The van der Waals surface area contributed by atoms with Crippen molar-refractivity contribution in [3.8, 4) is 16.9 Å². The molecule has 1 saturated heterocycles. The Balaban J connectivity index is 1.25. The molecule has 1 N–H and O–H groups in total. The molecule has 0 radical (unpaired) electrons. The van der Waals surface area contributed by atoms with Crippen LogP contribution in [-0.4, -0.2) is 53.4 Å². The van der Waals surface area contributed by atoms with Gasteiger partial charge in [-0.15, -0.1) is 0 Å². The van der Waals surface area contributed by atoms with Gasteiger partial charge in [-0.2, -0.15) is 4.98 Å². The van der Waals surface area contributed by atoms with Crippen LogP contribution < -0.4 is 10.1 Å². The second kappa shape index (κ2) is 9.01. The van der Waals surface area contributed by atoms with Crippen LogP contribution in [0, 0.1) is 12.8 Å². The van der Waals surface area contributed by atoms with Crippen LogP contribution in [0.5, 0.6) is 5.75 Å². The van der Waals surface area contributed by atoms with E-state index in [-0.39, 0.29) is 23.3 Å². The van der Waals surface area contributed by atoms with E-state index in [0.717, 1.165) is 50.5 Å². The number of fused-ring (bicyclic) bond motifs is 1. The molecule has 3 aromatic rings. The number of rotatable bonds is 7. The van der Waals surface area contributed by atoms with Crippen LogP contribution in [0.15, 0.2) is 40.9 Å². The number of hydrogen-bond acceptors (Lipinski definition) is 7. The van der Waals surface area contributed by atoms with Gasteiger partial charge in [-0.1, -0.05) is 29.4 Å². The highest BCUT2D eigenvalue weighted by atomic mass is 16.5. The molecule has 188 valence electrons. The lowest BCUT2D eigenvalue weighted by Gasteiger charge is -2.49. The van der Waals surface area contributed by atoms with E-state index < -0.39 is 0 Å². The largest absolute Gasteiger partial charge is 0.497 e. The van der Waals surface area contributed by atoms with Crippen LogP contribution in [0.25, 0.3) is 11.1 Å². The van der Waals surface area contributed by atoms with Gasteiger partial charge in [-0.05, 0) is 66.6 Å². The predicted octanol–water partition coefficient (Wildman–Crippen LogP) is 3.62. The number of aryl methyl sites for hydroxylation is 1. The zero-order valence-electron chi connectivity index (χ0n) is 21.0. The second-order valence-corrected chi connectivity index (χ2v) is 10.5. The number of aromatic nitrogens is 2. The van der Waals surface area contributed by atoms with Crippen LogP contribution in [0.2, 0.25) is 0 Å². The summed E-state index contributed by atoms with van der Waals surface area (Å²) < 4.78 is 16.3. The second-order valence-electron chi connectivity index (χ2n) is 10.5. The third-order valence-corrected chi connectivity index (χ3v) is 7.92. The summed E-state index contributed by atoms with van der Waals surface area (Å²) in [6, 6.07) is 12.6. The Kier molecular flexibility index (Phi) is 5.80. The lowest BCUT2D eigenvalue weighted by Crippen LogP contribution is -2.61. The van der Waals surface area contributed by atoms with Gasteiger partial charge in [-0.25, -0.2) is 0 Å². The molecule has 3 heterocycles. The van der Waals surface area contributed by atoms with Gasteiger partial charge in [0, 0.05) is 19.6 Å². The van der Waals surface area contributed by atoms with E-state index in [2.05, 4.69) is 51.5 Å². The molecule has 1 amide bonds. The first-order valence-electron chi connectivity index (χ1n) is 12.6. The smallest absolute Gasteiger partial charge is 0.230 e. The van der Waals surface area contributed by atoms with Crippen LogP contribution in [0.3, 0.4) is 0 Å². The zero-order valence-corrected chi connectivity index (χ0v) is 21.0. The summed E-state index contributed by atoms with van der Waals surface area (Å²) in [6.45, 7) is 7.96. The van der Waals surface area contributed by atoms with Gasteiger partial charge < -0.3 is 19.3 Å². The molecule has 6 rings (SSSR count). The Morgan fingerprint density at radius 3 is 2.83 bits per heavy atom. The molecule has 1 aliphatic carbocycles. The Bertz CT molecular complexity index is 1300. The molecule has 0 spiro atoms. The van der Waals surface area contributed by atoms with Crippen molar-refractivity contribution in [1.82, 2.24) is 20.4 Å². The Morgan fingerprint density at radius 2 is 2.11 bits per heavy atom. The van der Waals surface area contributed by atoms with Crippen LogP contribution in [0.1, 0.15) is 47.7 Å². The molecular weight excluding hydrogens is 456 g/mol. The highest BCUT2D eigenvalue weighted by Crippen LogP contribution is 2.47. The van der Waals surface area contributed by atoms with Crippen molar-refractivity contribution in [3.63, 3.8) is 0 Å². The minimum absolute atomic E-state index is 0.0320. The lowest BCUT2D eigenvalue weighted by atomic mass is 9.85. The van der Waals surface area contributed by atoms with Gasteiger partial charge in [-0.3, -0.25) is 9.69 Å². The highest BCUT2D eigenvalue weighted by Gasteiger charge is 2.47. The summed E-state index contributed by atoms with van der Waals surface area (Å²) in [5, 5.41) is 7.04. The lowest BCUT2D eigenvalue weighted by molar-refractivity contribution is -0.135. The van der Waals surface area contributed by atoms with Gasteiger partial charge in [0.1, 0.15) is 5.75 Å². The number of methoxy groups -OCH3 is 1. The molecule has 8 nitrogen and oxygen atoms in total. The molecule has 2 aliphatic heterocycles. The third-order valence-electron chi connectivity index (χ3n) is 7.92. The first-order valence-corrected chi connectivity index (χ1v) is 12.6. The average Bonchev–Trinajstić information content (AvgIpc) is 3.58. The predicted molar refractivity (Wildman–Crippen MR) is 133 cm³/mol. The van der Waals surface area contributed by atoms with Crippen LogP contribution in [0.4, 0.5) is 0 Å². The van der Waals surface area contributed by atoms with E-state index in [4.69, 9.17) is 14.0 Å². The molecule has 1 saturated carbocycles. The number of nitrogens with zero attached hydrogens (tertiary/aromatic N) is 3. The van der Waals surface area contributed by atoms with Gasteiger partial charge in [0.25, 0.3) is 0 Å². The van der Waals surface area contributed by atoms with E-state index in [1.54, 1.807) is 14.0 Å². The number of carbonyl (C=O) groups is 1. The van der Waals surface area contributed by atoms with E-state index >= 15 is 0 Å². The van der Waals surface area contributed by atoms with Crippen molar-refractivity contribution in [3.05, 3.63) is 64.8 Å². The van der Waals surface area contributed by atoms with Crippen molar-refractivity contribution in [2.45, 2.75) is 51.2 Å². The van der Waals surface area contributed by atoms with Crippen molar-refractivity contribution < 1.29 is 18.8 Å². The van der Waals surface area contributed by atoms with Crippen LogP contribution >= 0.6 is 0 Å². The molecule has 0 unspecified atom stereocenters. The molecular formula is C28H32N4O4. The first-order chi connectivity index (χ1) is 17.4. The fraction of sp³-hybridized carbons (Fsp3) is 0.464. The quantitative estimate of drug-likeness (QED) is 0.543. The standard InChI is InChI=1S/C28H32N4O4/c1-17-30-27(36-31-17)24-12-23(24)26(33)29-13-19-7-8-21(18-5-4-6-20(11-18)34-3)22-9-10-32(14-25(19)22)28(2)15-35-16-28/h4-8,11,23-24H,9-10,12-16H2,1-3H3,(H,29,33)/t23-,24+/m1/s1. The molecule has 2 aromatic carbocycles. The molecule has 2 atom stereocenters. The minimum Gasteiger partial charge on any atom is -0.497 e. The molecule has 2 fully saturated rings. The van der Waals surface area contributed by atoms with Crippen LogP contribution in [-0.2, 0) is 29.0 Å². The summed E-state index contributed by atoms with van der Waals surface area (Å²) in [5.74, 6) is 2.01. The fourth-order valence-corrected chi connectivity index (χ4v) is 5.54. The van der Waals surface area contributed by atoms with Crippen molar-refractivity contribution in [2.75, 3.05) is 26.9 Å². The van der Waals surface area contributed by atoms with E-state index in [1.165, 1.54) is 22.3 Å². The van der Waals surface area contributed by atoms with E-state index in [9.17, 15) is 4.79 Å². The Hall–Kier alpha value is -3.23. The van der Waals surface area contributed by atoms with Gasteiger partial charge in [0.15, 0.2) is 5.82 Å².